The standard InChI is InChI=1S/C24H27N5S/c1-24(2,19-7-4-3-5-8-19)21-9-6-11-26-22(21)16-29(17-23-27-12-14-30-23)13-10-20-15-25-18-28-20/h3-9,11-12,14-15,18H,10,13,16-17H2,1-2H3,(H,25,28). The Morgan fingerprint density at radius 2 is 1.87 bits per heavy atom. The molecule has 0 aliphatic heterocycles. The van der Waals surface area contributed by atoms with Crippen molar-refractivity contribution < 1.29 is 0 Å². The van der Waals surface area contributed by atoms with E-state index in [0.717, 1.165) is 42.5 Å². The number of nitrogens with zero attached hydrogens (tertiary/aromatic N) is 4. The summed E-state index contributed by atoms with van der Waals surface area (Å²) < 4.78 is 0. The van der Waals surface area contributed by atoms with Crippen LogP contribution >= 0.6 is 11.3 Å². The fourth-order valence-corrected chi connectivity index (χ4v) is 4.45. The van der Waals surface area contributed by atoms with Crippen LogP contribution in [-0.4, -0.2) is 31.4 Å². The fraction of sp³-hybridized carbons (Fsp3) is 0.292. The van der Waals surface area contributed by atoms with E-state index in [1.54, 1.807) is 17.7 Å². The first kappa shape index (κ1) is 20.4. The molecule has 0 fully saturated rings. The van der Waals surface area contributed by atoms with Crippen LogP contribution in [0.5, 0.6) is 0 Å². The first-order chi connectivity index (χ1) is 14.6. The van der Waals surface area contributed by atoms with Crippen LogP contribution in [0.3, 0.4) is 0 Å². The molecule has 6 heteroatoms. The average Bonchev–Trinajstić information content (AvgIpc) is 3.47. The van der Waals surface area contributed by atoms with Gasteiger partial charge in [-0.15, -0.1) is 11.3 Å². The van der Waals surface area contributed by atoms with Gasteiger partial charge in [-0.25, -0.2) is 9.97 Å². The molecule has 154 valence electrons. The Hall–Kier alpha value is -2.83. The van der Waals surface area contributed by atoms with Gasteiger partial charge in [-0.2, -0.15) is 0 Å². The van der Waals surface area contributed by atoms with Crippen LogP contribution in [0.4, 0.5) is 0 Å². The van der Waals surface area contributed by atoms with E-state index in [1.807, 2.05) is 30.0 Å². The quantitative estimate of drug-likeness (QED) is 0.424. The van der Waals surface area contributed by atoms with E-state index in [2.05, 4.69) is 70.1 Å². The number of hydrogen-bond acceptors (Lipinski definition) is 5. The van der Waals surface area contributed by atoms with Gasteiger partial charge < -0.3 is 4.98 Å². The molecule has 0 spiro atoms. The van der Waals surface area contributed by atoms with Crippen LogP contribution in [0.15, 0.2) is 72.8 Å². The summed E-state index contributed by atoms with van der Waals surface area (Å²) in [6, 6.07) is 14.9. The lowest BCUT2D eigenvalue weighted by atomic mass is 9.77. The van der Waals surface area contributed by atoms with Crippen molar-refractivity contribution in [3.63, 3.8) is 0 Å². The van der Waals surface area contributed by atoms with Gasteiger partial charge >= 0.3 is 0 Å². The zero-order valence-electron chi connectivity index (χ0n) is 17.5. The molecule has 0 radical (unpaired) electrons. The maximum atomic E-state index is 4.81. The summed E-state index contributed by atoms with van der Waals surface area (Å²) in [6.45, 7) is 7.05. The number of pyridine rings is 1. The van der Waals surface area contributed by atoms with E-state index >= 15 is 0 Å². The predicted octanol–water partition coefficient (Wildman–Crippen LogP) is 4.83. The molecule has 3 aromatic heterocycles. The van der Waals surface area contributed by atoms with Gasteiger partial charge in [0.05, 0.1) is 18.6 Å². The van der Waals surface area contributed by atoms with Crippen LogP contribution in [0.25, 0.3) is 0 Å². The molecular weight excluding hydrogens is 390 g/mol. The average molecular weight is 418 g/mol. The predicted molar refractivity (Wildman–Crippen MR) is 121 cm³/mol. The van der Waals surface area contributed by atoms with Crippen molar-refractivity contribution in [3.05, 3.63) is 100 Å². The second-order valence-electron chi connectivity index (χ2n) is 7.95. The maximum absolute atomic E-state index is 4.81. The number of aromatic amines is 1. The number of thiazole rings is 1. The number of hydrogen-bond donors (Lipinski definition) is 1. The van der Waals surface area contributed by atoms with Crippen LogP contribution < -0.4 is 0 Å². The molecule has 0 aliphatic carbocycles. The highest BCUT2D eigenvalue weighted by atomic mass is 32.1. The highest BCUT2D eigenvalue weighted by molar-refractivity contribution is 7.09. The van der Waals surface area contributed by atoms with E-state index in [1.165, 1.54) is 11.1 Å². The summed E-state index contributed by atoms with van der Waals surface area (Å²) in [7, 11) is 0. The molecule has 0 saturated heterocycles. The molecule has 0 aliphatic rings. The Bertz CT molecular complexity index is 1030. The highest BCUT2D eigenvalue weighted by Crippen LogP contribution is 2.33. The minimum Gasteiger partial charge on any atom is -0.348 e. The van der Waals surface area contributed by atoms with E-state index in [0.29, 0.717) is 0 Å². The zero-order chi connectivity index (χ0) is 20.8. The highest BCUT2D eigenvalue weighted by Gasteiger charge is 2.27. The summed E-state index contributed by atoms with van der Waals surface area (Å²) in [5.41, 5.74) is 4.70. The van der Waals surface area contributed by atoms with Gasteiger partial charge in [-0.3, -0.25) is 9.88 Å². The SMILES string of the molecule is CC(C)(c1ccccc1)c1cccnc1CN(CCc1cnc[nH]1)Cc1nccs1. The van der Waals surface area contributed by atoms with Gasteiger partial charge in [0.2, 0.25) is 0 Å². The van der Waals surface area contributed by atoms with Crippen molar-refractivity contribution in [3.8, 4) is 0 Å². The summed E-state index contributed by atoms with van der Waals surface area (Å²) in [5, 5.41) is 3.16. The molecule has 0 bridgehead atoms. The molecule has 4 aromatic rings. The number of aromatic nitrogens is 4. The summed E-state index contributed by atoms with van der Waals surface area (Å²) in [5.74, 6) is 0. The van der Waals surface area contributed by atoms with Crippen molar-refractivity contribution in [1.82, 2.24) is 24.8 Å². The largest absolute Gasteiger partial charge is 0.348 e. The number of imidazole rings is 1. The Labute approximate surface area is 181 Å². The fourth-order valence-electron chi connectivity index (χ4n) is 3.79. The normalized spacial score (nSPS) is 11.8. The Morgan fingerprint density at radius 1 is 1.00 bits per heavy atom. The molecule has 3 heterocycles. The van der Waals surface area contributed by atoms with Gasteiger partial charge in [0, 0.05) is 54.6 Å². The molecule has 5 nitrogen and oxygen atoms in total. The Kier molecular flexibility index (Phi) is 6.35. The number of benzene rings is 1. The molecule has 0 atom stereocenters. The van der Waals surface area contributed by atoms with Crippen LogP contribution in [0.2, 0.25) is 0 Å². The summed E-state index contributed by atoms with van der Waals surface area (Å²) >= 11 is 1.70. The van der Waals surface area contributed by atoms with Crippen molar-refractivity contribution in [1.29, 1.82) is 0 Å². The van der Waals surface area contributed by atoms with Crippen LogP contribution in [-0.2, 0) is 24.9 Å². The van der Waals surface area contributed by atoms with Gasteiger partial charge in [0.15, 0.2) is 0 Å². The van der Waals surface area contributed by atoms with E-state index < -0.39 is 0 Å². The van der Waals surface area contributed by atoms with Crippen molar-refractivity contribution in [2.45, 2.75) is 38.8 Å². The first-order valence-corrected chi connectivity index (χ1v) is 11.1. The second kappa shape index (κ2) is 9.32. The van der Waals surface area contributed by atoms with Crippen molar-refractivity contribution >= 4 is 11.3 Å². The first-order valence-electron chi connectivity index (χ1n) is 10.2. The summed E-state index contributed by atoms with van der Waals surface area (Å²) in [6.07, 6.45) is 8.32. The maximum Gasteiger partial charge on any atom is 0.107 e. The van der Waals surface area contributed by atoms with Gasteiger partial charge in [0.25, 0.3) is 0 Å². The summed E-state index contributed by atoms with van der Waals surface area (Å²) in [4.78, 5) is 19.1. The Morgan fingerprint density at radius 3 is 2.60 bits per heavy atom. The molecule has 0 unspecified atom stereocenters. The third-order valence-electron chi connectivity index (χ3n) is 5.53. The molecule has 0 amide bonds. The lowest BCUT2D eigenvalue weighted by molar-refractivity contribution is 0.254. The smallest absolute Gasteiger partial charge is 0.107 e. The topological polar surface area (TPSA) is 57.7 Å². The minimum absolute atomic E-state index is 0.124. The van der Waals surface area contributed by atoms with Crippen molar-refractivity contribution in [2.24, 2.45) is 0 Å². The zero-order valence-corrected chi connectivity index (χ0v) is 18.3. The van der Waals surface area contributed by atoms with E-state index in [4.69, 9.17) is 4.98 Å². The van der Waals surface area contributed by atoms with Gasteiger partial charge in [-0.05, 0) is 17.2 Å². The lowest BCUT2D eigenvalue weighted by Gasteiger charge is -2.30. The number of H-pyrrole nitrogens is 1. The molecule has 0 saturated carbocycles. The third-order valence-corrected chi connectivity index (χ3v) is 6.29. The number of rotatable bonds is 9. The van der Waals surface area contributed by atoms with Gasteiger partial charge in [-0.1, -0.05) is 50.2 Å². The molecule has 1 N–H and O–H groups in total. The monoisotopic (exact) mass is 417 g/mol. The van der Waals surface area contributed by atoms with Crippen LogP contribution in [0.1, 0.15) is 41.4 Å². The molecule has 4 rings (SSSR count). The molecule has 30 heavy (non-hydrogen) atoms. The second-order valence-corrected chi connectivity index (χ2v) is 8.93. The van der Waals surface area contributed by atoms with E-state index in [9.17, 15) is 0 Å². The minimum atomic E-state index is -0.124. The number of nitrogens with one attached hydrogen (secondary N) is 1. The Balaban J connectivity index is 1.59. The van der Waals surface area contributed by atoms with E-state index in [-0.39, 0.29) is 5.41 Å². The van der Waals surface area contributed by atoms with Crippen molar-refractivity contribution in [2.75, 3.05) is 6.54 Å². The third kappa shape index (κ3) is 4.83. The molecular formula is C24H27N5S. The lowest BCUT2D eigenvalue weighted by Crippen LogP contribution is -2.29. The van der Waals surface area contributed by atoms with Gasteiger partial charge in [0.1, 0.15) is 5.01 Å². The molecule has 1 aromatic carbocycles. The van der Waals surface area contributed by atoms with Crippen LogP contribution in [0, 0.1) is 0 Å².